The molecule has 122 valence electrons. The number of aromatic nitrogens is 3. The smallest absolute Gasteiger partial charge is 0.329 e. The van der Waals surface area contributed by atoms with Crippen LogP contribution in [0.4, 0.5) is 37.2 Å². The average Bonchev–Trinajstić information content (AvgIpc) is 2.76. The van der Waals surface area contributed by atoms with Crippen LogP contribution in [0.2, 0.25) is 0 Å². The number of hydrogen-bond donors (Lipinski definition) is 2. The monoisotopic (exact) mass is 355 g/mol. The zero-order valence-electron chi connectivity index (χ0n) is 10.5. The maximum absolute atomic E-state index is 12.6. The van der Waals surface area contributed by atoms with Gasteiger partial charge < -0.3 is 5.32 Å². The molecule has 0 atom stereocenters. The lowest BCUT2D eigenvalue weighted by atomic mass is 10.3. The van der Waals surface area contributed by atoms with Crippen molar-refractivity contribution in [2.45, 2.75) is 12.4 Å². The van der Waals surface area contributed by atoms with E-state index in [9.17, 15) is 31.1 Å². The molecule has 0 aliphatic rings. The first kappa shape index (κ1) is 16.7. The van der Waals surface area contributed by atoms with E-state index in [0.29, 0.717) is 11.5 Å². The summed E-state index contributed by atoms with van der Waals surface area (Å²) in [6.07, 6.45) is -10.3. The Morgan fingerprint density at radius 3 is 2.35 bits per heavy atom. The number of alkyl halides is 6. The Bertz CT molecular complexity index is 798. The number of nitriles is 1. The largest absolute Gasteiger partial charge is 0.451 e. The molecule has 0 aliphatic heterocycles. The summed E-state index contributed by atoms with van der Waals surface area (Å²) >= 11 is 0.528. The highest BCUT2D eigenvalue weighted by molar-refractivity contribution is 7.10. The Morgan fingerprint density at radius 2 is 1.83 bits per heavy atom. The number of halogens is 6. The highest BCUT2D eigenvalue weighted by Gasteiger charge is 2.40. The van der Waals surface area contributed by atoms with Crippen LogP contribution in [0.1, 0.15) is 17.1 Å². The Balaban J connectivity index is 2.54. The second kappa shape index (κ2) is 5.54. The highest BCUT2D eigenvalue weighted by Crippen LogP contribution is 2.34. The van der Waals surface area contributed by atoms with Crippen molar-refractivity contribution in [2.75, 3.05) is 5.32 Å². The first-order chi connectivity index (χ1) is 10.5. The van der Waals surface area contributed by atoms with Crippen LogP contribution in [-0.4, -0.2) is 14.3 Å². The molecule has 23 heavy (non-hydrogen) atoms. The molecule has 6 nitrogen and oxygen atoms in total. The zero-order chi connectivity index (χ0) is 17.4. The number of H-pyrrole nitrogens is 1. The van der Waals surface area contributed by atoms with Gasteiger partial charge >= 0.3 is 12.4 Å². The topological polar surface area (TPSA) is 94.5 Å². The Kier molecular flexibility index (Phi) is 4.03. The van der Waals surface area contributed by atoms with Crippen molar-refractivity contribution >= 4 is 22.4 Å². The Morgan fingerprint density at radius 1 is 1.17 bits per heavy atom. The van der Waals surface area contributed by atoms with Gasteiger partial charge in [0.15, 0.2) is 11.3 Å². The van der Waals surface area contributed by atoms with E-state index >= 15 is 0 Å². The predicted molar refractivity (Wildman–Crippen MR) is 65.0 cm³/mol. The summed E-state index contributed by atoms with van der Waals surface area (Å²) in [6, 6.07) is 1.71. The van der Waals surface area contributed by atoms with Gasteiger partial charge in [-0.1, -0.05) is 0 Å². The fourth-order valence-electron chi connectivity index (χ4n) is 1.39. The van der Waals surface area contributed by atoms with E-state index < -0.39 is 40.8 Å². The summed E-state index contributed by atoms with van der Waals surface area (Å²) in [4.78, 5) is 16.6. The number of nitrogens with zero attached hydrogens (tertiary/aromatic N) is 3. The predicted octanol–water partition coefficient (Wildman–Crippen LogP) is 2.88. The van der Waals surface area contributed by atoms with Crippen molar-refractivity contribution in [3.05, 3.63) is 33.5 Å². The summed E-state index contributed by atoms with van der Waals surface area (Å²) in [6.45, 7) is 0. The van der Waals surface area contributed by atoms with Crippen molar-refractivity contribution < 1.29 is 26.3 Å². The summed E-state index contributed by atoms with van der Waals surface area (Å²) in [7, 11) is 0. The minimum absolute atomic E-state index is 0.237. The molecule has 0 fully saturated rings. The minimum atomic E-state index is -5.21. The zero-order valence-corrected chi connectivity index (χ0v) is 11.3. The average molecular weight is 355 g/mol. The molecule has 0 aliphatic carbocycles. The number of aromatic amines is 1. The van der Waals surface area contributed by atoms with Crippen LogP contribution in [0.5, 0.6) is 0 Å². The molecule has 2 heterocycles. The SMILES string of the molecule is N#Cc1c(Nc2cc(C(F)(F)F)nc(C(F)(F)F)n2)s[nH]c1=O. The van der Waals surface area contributed by atoms with Crippen molar-refractivity contribution in [1.82, 2.24) is 14.3 Å². The van der Waals surface area contributed by atoms with Gasteiger partial charge in [-0.25, -0.2) is 9.97 Å². The molecular formula is C10H3F6N5OS. The molecule has 2 N–H and O–H groups in total. The van der Waals surface area contributed by atoms with Gasteiger partial charge in [0.25, 0.3) is 5.56 Å². The number of rotatable bonds is 2. The number of anilines is 2. The third-order valence-electron chi connectivity index (χ3n) is 2.32. The van der Waals surface area contributed by atoms with Gasteiger partial charge in [0.2, 0.25) is 5.82 Å². The second-order valence-corrected chi connectivity index (χ2v) is 4.75. The van der Waals surface area contributed by atoms with E-state index in [1.807, 2.05) is 0 Å². The van der Waals surface area contributed by atoms with Gasteiger partial charge in [-0.15, -0.1) is 0 Å². The summed E-state index contributed by atoms with van der Waals surface area (Å²) in [5, 5.41) is 10.6. The van der Waals surface area contributed by atoms with E-state index in [2.05, 4.69) is 19.7 Å². The van der Waals surface area contributed by atoms with E-state index in [-0.39, 0.29) is 11.1 Å². The van der Waals surface area contributed by atoms with Crippen LogP contribution < -0.4 is 10.9 Å². The summed E-state index contributed by atoms with van der Waals surface area (Å²) in [5.74, 6) is -2.86. The van der Waals surface area contributed by atoms with Crippen molar-refractivity contribution in [3.8, 4) is 6.07 Å². The maximum atomic E-state index is 12.6. The van der Waals surface area contributed by atoms with Gasteiger partial charge in [0, 0.05) is 6.07 Å². The van der Waals surface area contributed by atoms with Crippen LogP contribution in [0, 0.1) is 11.3 Å². The lowest BCUT2D eigenvalue weighted by Gasteiger charge is -2.12. The molecule has 0 radical (unpaired) electrons. The Labute approximate surface area is 126 Å². The lowest BCUT2D eigenvalue weighted by Crippen LogP contribution is -2.18. The number of hydrogen-bond acceptors (Lipinski definition) is 6. The van der Waals surface area contributed by atoms with Gasteiger partial charge in [-0.2, -0.15) is 31.6 Å². The van der Waals surface area contributed by atoms with Gasteiger partial charge in [0.1, 0.15) is 16.9 Å². The molecule has 0 saturated carbocycles. The molecular weight excluding hydrogens is 352 g/mol. The van der Waals surface area contributed by atoms with Gasteiger partial charge in [-0.05, 0) is 11.5 Å². The Hall–Kier alpha value is -2.62. The molecule has 0 bridgehead atoms. The van der Waals surface area contributed by atoms with Crippen molar-refractivity contribution in [3.63, 3.8) is 0 Å². The fourth-order valence-corrected chi connectivity index (χ4v) is 2.08. The second-order valence-electron chi connectivity index (χ2n) is 3.93. The number of nitrogens with one attached hydrogen (secondary N) is 2. The van der Waals surface area contributed by atoms with Crippen LogP contribution in [0.25, 0.3) is 0 Å². The van der Waals surface area contributed by atoms with E-state index in [0.717, 1.165) is 0 Å². The third kappa shape index (κ3) is 3.59. The first-order valence-corrected chi connectivity index (χ1v) is 6.26. The quantitative estimate of drug-likeness (QED) is 0.808. The van der Waals surface area contributed by atoms with E-state index in [4.69, 9.17) is 5.26 Å². The van der Waals surface area contributed by atoms with Crippen molar-refractivity contribution in [2.24, 2.45) is 0 Å². The lowest BCUT2D eigenvalue weighted by molar-refractivity contribution is -0.152. The van der Waals surface area contributed by atoms with Crippen LogP contribution in [0.15, 0.2) is 10.9 Å². The molecule has 0 spiro atoms. The molecule has 0 aromatic carbocycles. The molecule has 2 aromatic rings. The molecule has 2 rings (SSSR count). The molecule has 2 aromatic heterocycles. The molecule has 0 amide bonds. The summed E-state index contributed by atoms with van der Waals surface area (Å²) < 4.78 is 77.8. The van der Waals surface area contributed by atoms with Crippen LogP contribution in [0.3, 0.4) is 0 Å². The van der Waals surface area contributed by atoms with Crippen LogP contribution in [-0.2, 0) is 12.4 Å². The normalized spacial score (nSPS) is 12.0. The molecule has 13 heteroatoms. The van der Waals surface area contributed by atoms with Crippen LogP contribution >= 0.6 is 11.5 Å². The highest BCUT2D eigenvalue weighted by atomic mass is 32.1. The van der Waals surface area contributed by atoms with E-state index in [1.54, 1.807) is 0 Å². The molecule has 0 saturated heterocycles. The van der Waals surface area contributed by atoms with Gasteiger partial charge in [0.05, 0.1) is 0 Å². The molecule has 0 unspecified atom stereocenters. The third-order valence-corrected chi connectivity index (χ3v) is 3.12. The summed E-state index contributed by atoms with van der Waals surface area (Å²) in [5.41, 5.74) is -3.14. The van der Waals surface area contributed by atoms with E-state index in [1.165, 1.54) is 6.07 Å². The fraction of sp³-hybridized carbons (Fsp3) is 0.200. The first-order valence-electron chi connectivity index (χ1n) is 5.44. The maximum Gasteiger partial charge on any atom is 0.451 e. The van der Waals surface area contributed by atoms with Crippen molar-refractivity contribution in [1.29, 1.82) is 5.26 Å². The van der Waals surface area contributed by atoms with Gasteiger partial charge in [-0.3, -0.25) is 9.17 Å². The standard InChI is InChI=1S/C10H3F6N5OS/c11-9(12,13)4-1-5(20-8(18-4)10(14,15)16)19-7-3(2-17)6(22)21-23-7/h1H,(H,21,22)(H,18,19,20). The minimum Gasteiger partial charge on any atom is -0.329 e.